The van der Waals surface area contributed by atoms with E-state index in [-0.39, 0.29) is 44.5 Å². The van der Waals surface area contributed by atoms with Crippen LogP contribution in [-0.4, -0.2) is 49.7 Å². The summed E-state index contributed by atoms with van der Waals surface area (Å²) in [5.74, 6) is -2.14. The molecular weight excluding hydrogens is 391 g/mol. The summed E-state index contributed by atoms with van der Waals surface area (Å²) in [5, 5.41) is 13.7. The number of nitro groups is 1. The number of nitro benzene ring substituents is 1. The van der Waals surface area contributed by atoms with Crippen molar-refractivity contribution in [1.29, 1.82) is 0 Å². The zero-order valence-corrected chi connectivity index (χ0v) is 15.4. The van der Waals surface area contributed by atoms with Gasteiger partial charge in [-0.25, -0.2) is 12.8 Å². The maximum Gasteiger partial charge on any atom is 0.292 e. The van der Waals surface area contributed by atoms with Crippen LogP contribution < -0.4 is 11.1 Å². The van der Waals surface area contributed by atoms with Crippen molar-refractivity contribution in [3.8, 4) is 0 Å². The Balaban J connectivity index is 0.00000338. The van der Waals surface area contributed by atoms with Crippen LogP contribution in [0.4, 0.5) is 10.1 Å². The molecule has 1 atom stereocenters. The molecule has 0 aromatic heterocycles. The molecule has 9 nitrogen and oxygen atoms in total. The van der Waals surface area contributed by atoms with Gasteiger partial charge in [0.25, 0.3) is 15.7 Å². The van der Waals surface area contributed by atoms with Crippen LogP contribution in [-0.2, 0) is 14.8 Å². The first-order valence-corrected chi connectivity index (χ1v) is 9.14. The third-order valence-electron chi connectivity index (χ3n) is 3.94. The van der Waals surface area contributed by atoms with Crippen LogP contribution in [0.15, 0.2) is 23.1 Å². The lowest BCUT2D eigenvalue weighted by atomic mass is 9.99. The van der Waals surface area contributed by atoms with Gasteiger partial charge >= 0.3 is 0 Å². The van der Waals surface area contributed by atoms with Crippen molar-refractivity contribution in [2.45, 2.75) is 17.7 Å². The van der Waals surface area contributed by atoms with Gasteiger partial charge in [0.15, 0.2) is 4.90 Å². The summed E-state index contributed by atoms with van der Waals surface area (Å²) in [6.45, 7) is 0.418. The van der Waals surface area contributed by atoms with Gasteiger partial charge in [0, 0.05) is 32.2 Å². The number of piperidine rings is 1. The SMILES string of the molecule is Cl.NCCNC(=O)C1CCCN(S(=O)(=O)c2c(F)cccc2[N+](=O)[O-])C1. The molecule has 1 aromatic rings. The number of hydrogen-bond acceptors (Lipinski definition) is 6. The van der Waals surface area contributed by atoms with Crippen molar-refractivity contribution in [3.05, 3.63) is 34.1 Å². The Kier molecular flexibility index (Phi) is 7.87. The third kappa shape index (κ3) is 4.67. The molecule has 1 aromatic carbocycles. The van der Waals surface area contributed by atoms with Gasteiger partial charge in [0.2, 0.25) is 5.91 Å². The molecule has 12 heteroatoms. The Morgan fingerprint density at radius 2 is 2.15 bits per heavy atom. The number of hydrogen-bond donors (Lipinski definition) is 2. The van der Waals surface area contributed by atoms with Gasteiger partial charge in [-0.15, -0.1) is 12.4 Å². The fourth-order valence-corrected chi connectivity index (χ4v) is 4.47. The molecule has 26 heavy (non-hydrogen) atoms. The molecule has 3 N–H and O–H groups in total. The molecule has 0 saturated carbocycles. The van der Waals surface area contributed by atoms with Crippen molar-refractivity contribution >= 4 is 34.0 Å². The molecule has 1 unspecified atom stereocenters. The van der Waals surface area contributed by atoms with E-state index in [1.165, 1.54) is 0 Å². The van der Waals surface area contributed by atoms with E-state index in [1.54, 1.807) is 0 Å². The molecule has 1 amide bonds. The summed E-state index contributed by atoms with van der Waals surface area (Å²) in [5.41, 5.74) is 4.49. The fourth-order valence-electron chi connectivity index (χ4n) is 2.74. The Labute approximate surface area is 156 Å². The molecule has 1 fully saturated rings. The first-order chi connectivity index (χ1) is 11.8. The average molecular weight is 411 g/mol. The molecular formula is C14H20ClFN4O5S. The van der Waals surface area contributed by atoms with Gasteiger partial charge in [-0.05, 0) is 18.9 Å². The highest BCUT2D eigenvalue weighted by Crippen LogP contribution is 2.31. The van der Waals surface area contributed by atoms with Crippen LogP contribution in [0.2, 0.25) is 0 Å². The minimum Gasteiger partial charge on any atom is -0.355 e. The summed E-state index contributed by atoms with van der Waals surface area (Å²) >= 11 is 0. The lowest BCUT2D eigenvalue weighted by molar-refractivity contribution is -0.388. The second kappa shape index (κ2) is 9.21. The summed E-state index contributed by atoms with van der Waals surface area (Å²) in [6, 6.07) is 2.87. The molecule has 0 aliphatic carbocycles. The Hall–Kier alpha value is -1.82. The standard InChI is InChI=1S/C14H19FN4O5S.ClH/c15-11-4-1-5-12(19(21)22)13(11)25(23,24)18-8-2-3-10(9-18)14(20)17-7-6-16;/h1,4-5,10H,2-3,6-9,16H2,(H,17,20);1H. The lowest BCUT2D eigenvalue weighted by Gasteiger charge is -2.31. The number of nitrogens with zero attached hydrogens (tertiary/aromatic N) is 2. The Bertz CT molecular complexity index is 777. The van der Waals surface area contributed by atoms with Gasteiger partial charge in [-0.1, -0.05) is 6.07 Å². The van der Waals surface area contributed by atoms with Crippen LogP contribution in [0.1, 0.15) is 12.8 Å². The van der Waals surface area contributed by atoms with E-state index in [4.69, 9.17) is 5.73 Å². The highest BCUT2D eigenvalue weighted by atomic mass is 35.5. The van der Waals surface area contributed by atoms with Crippen LogP contribution in [0.5, 0.6) is 0 Å². The van der Waals surface area contributed by atoms with E-state index in [1.807, 2.05) is 0 Å². The number of nitrogens with one attached hydrogen (secondary N) is 1. The van der Waals surface area contributed by atoms with Crippen molar-refractivity contribution in [2.75, 3.05) is 26.2 Å². The maximum atomic E-state index is 14.1. The zero-order chi connectivity index (χ0) is 18.6. The molecule has 0 spiro atoms. The lowest BCUT2D eigenvalue weighted by Crippen LogP contribution is -2.46. The van der Waals surface area contributed by atoms with Crippen LogP contribution in [0, 0.1) is 21.8 Å². The van der Waals surface area contributed by atoms with E-state index >= 15 is 0 Å². The monoisotopic (exact) mass is 410 g/mol. The largest absolute Gasteiger partial charge is 0.355 e. The molecule has 1 heterocycles. The Morgan fingerprint density at radius 1 is 1.46 bits per heavy atom. The topological polar surface area (TPSA) is 136 Å². The van der Waals surface area contributed by atoms with E-state index in [0.29, 0.717) is 12.8 Å². The summed E-state index contributed by atoms with van der Waals surface area (Å²) in [7, 11) is -4.44. The van der Waals surface area contributed by atoms with E-state index < -0.39 is 37.3 Å². The first-order valence-electron chi connectivity index (χ1n) is 7.70. The van der Waals surface area contributed by atoms with Crippen molar-refractivity contribution < 1.29 is 22.5 Å². The average Bonchev–Trinajstić information content (AvgIpc) is 2.59. The van der Waals surface area contributed by atoms with Crippen LogP contribution in [0.25, 0.3) is 0 Å². The Morgan fingerprint density at radius 3 is 2.77 bits per heavy atom. The van der Waals surface area contributed by atoms with E-state index in [0.717, 1.165) is 22.5 Å². The van der Waals surface area contributed by atoms with Gasteiger partial charge < -0.3 is 11.1 Å². The summed E-state index contributed by atoms with van der Waals surface area (Å²) in [6.07, 6.45) is 0.865. The molecule has 146 valence electrons. The number of sulfonamides is 1. The number of benzene rings is 1. The molecule has 1 aliphatic rings. The smallest absolute Gasteiger partial charge is 0.292 e. The number of rotatable bonds is 6. The molecule has 2 rings (SSSR count). The van der Waals surface area contributed by atoms with Gasteiger partial charge in [0.1, 0.15) is 5.82 Å². The minimum atomic E-state index is -4.44. The number of amides is 1. The van der Waals surface area contributed by atoms with E-state index in [2.05, 4.69) is 5.32 Å². The zero-order valence-electron chi connectivity index (χ0n) is 13.8. The number of carbonyl (C=O) groups is 1. The normalized spacial score (nSPS) is 18.0. The van der Waals surface area contributed by atoms with Crippen molar-refractivity contribution in [1.82, 2.24) is 9.62 Å². The number of halogens is 2. The predicted molar refractivity (Wildman–Crippen MR) is 93.8 cm³/mol. The molecule has 1 aliphatic heterocycles. The highest BCUT2D eigenvalue weighted by molar-refractivity contribution is 7.89. The van der Waals surface area contributed by atoms with E-state index in [9.17, 15) is 27.7 Å². The van der Waals surface area contributed by atoms with Gasteiger partial charge in [-0.2, -0.15) is 4.31 Å². The quantitative estimate of drug-likeness (QED) is 0.521. The third-order valence-corrected chi connectivity index (χ3v) is 5.87. The number of carbonyl (C=O) groups excluding carboxylic acids is 1. The van der Waals surface area contributed by atoms with Crippen LogP contribution in [0.3, 0.4) is 0 Å². The van der Waals surface area contributed by atoms with Crippen molar-refractivity contribution in [3.63, 3.8) is 0 Å². The second-order valence-corrected chi connectivity index (χ2v) is 7.50. The predicted octanol–water partition coefficient (Wildman–Crippen LogP) is 0.631. The van der Waals surface area contributed by atoms with Crippen LogP contribution >= 0.6 is 12.4 Å². The van der Waals surface area contributed by atoms with Crippen molar-refractivity contribution in [2.24, 2.45) is 11.7 Å². The highest BCUT2D eigenvalue weighted by Gasteiger charge is 2.38. The molecule has 1 saturated heterocycles. The maximum absolute atomic E-state index is 14.1. The second-order valence-electron chi connectivity index (χ2n) is 5.63. The van der Waals surface area contributed by atoms with Gasteiger partial charge in [0.05, 0.1) is 10.8 Å². The molecule has 0 radical (unpaired) electrons. The first kappa shape index (κ1) is 22.2. The minimum absolute atomic E-state index is 0. The molecule has 0 bridgehead atoms. The van der Waals surface area contributed by atoms with Gasteiger partial charge in [-0.3, -0.25) is 14.9 Å². The summed E-state index contributed by atoms with van der Waals surface area (Å²) in [4.78, 5) is 21.2. The summed E-state index contributed by atoms with van der Waals surface area (Å²) < 4.78 is 40.5. The number of nitrogens with two attached hydrogens (primary N) is 1. The fraction of sp³-hybridized carbons (Fsp3) is 0.500.